The smallest absolute Gasteiger partial charge is 0.219 e. The SMILES string of the molecule is CCC(=O)NCC1CN(C)CCN1. The van der Waals surface area contributed by atoms with Gasteiger partial charge in [-0.3, -0.25) is 4.79 Å². The maximum Gasteiger partial charge on any atom is 0.219 e. The molecule has 4 nitrogen and oxygen atoms in total. The van der Waals surface area contributed by atoms with Crippen molar-refractivity contribution in [2.24, 2.45) is 0 Å². The summed E-state index contributed by atoms with van der Waals surface area (Å²) in [5.41, 5.74) is 0. The van der Waals surface area contributed by atoms with Gasteiger partial charge >= 0.3 is 0 Å². The van der Waals surface area contributed by atoms with Gasteiger partial charge in [-0.2, -0.15) is 0 Å². The lowest BCUT2D eigenvalue weighted by molar-refractivity contribution is -0.120. The molecule has 1 rings (SSSR count). The molecule has 1 atom stereocenters. The first-order valence-corrected chi connectivity index (χ1v) is 4.91. The van der Waals surface area contributed by atoms with Crippen molar-refractivity contribution < 1.29 is 4.79 Å². The summed E-state index contributed by atoms with van der Waals surface area (Å²) in [6, 6.07) is 0.411. The molecular formula is C9H19N3O. The normalized spacial score (nSPS) is 24.3. The lowest BCUT2D eigenvalue weighted by Gasteiger charge is -2.30. The van der Waals surface area contributed by atoms with Crippen LogP contribution in [0.1, 0.15) is 13.3 Å². The van der Waals surface area contributed by atoms with Gasteiger partial charge in [0.15, 0.2) is 0 Å². The molecule has 0 aromatic heterocycles. The zero-order valence-corrected chi connectivity index (χ0v) is 8.47. The molecule has 1 aliphatic heterocycles. The average Bonchev–Trinajstić information content (AvgIpc) is 2.14. The number of nitrogens with zero attached hydrogens (tertiary/aromatic N) is 1. The largest absolute Gasteiger partial charge is 0.354 e. The summed E-state index contributed by atoms with van der Waals surface area (Å²) in [5, 5.41) is 6.27. The number of carbonyl (C=O) groups excluding carboxylic acids is 1. The van der Waals surface area contributed by atoms with Crippen molar-refractivity contribution in [3.63, 3.8) is 0 Å². The second-order valence-electron chi connectivity index (χ2n) is 3.57. The van der Waals surface area contributed by atoms with E-state index in [0.717, 1.165) is 26.2 Å². The Morgan fingerprint density at radius 3 is 3.08 bits per heavy atom. The molecule has 0 aromatic carbocycles. The van der Waals surface area contributed by atoms with Gasteiger partial charge < -0.3 is 15.5 Å². The van der Waals surface area contributed by atoms with Crippen molar-refractivity contribution >= 4 is 5.91 Å². The number of likely N-dealkylation sites (N-methyl/N-ethyl adjacent to an activating group) is 1. The lowest BCUT2D eigenvalue weighted by Crippen LogP contribution is -2.53. The van der Waals surface area contributed by atoms with Crippen molar-refractivity contribution in [2.75, 3.05) is 33.2 Å². The summed E-state index contributed by atoms with van der Waals surface area (Å²) in [6.45, 7) is 5.75. The Bertz CT molecular complexity index is 172. The van der Waals surface area contributed by atoms with Gasteiger partial charge in [0, 0.05) is 38.6 Å². The standard InChI is InChI=1S/C9H19N3O/c1-3-9(13)11-6-8-7-12(2)5-4-10-8/h8,10H,3-7H2,1-2H3,(H,11,13). The molecule has 0 bridgehead atoms. The van der Waals surface area contributed by atoms with E-state index in [0.29, 0.717) is 12.5 Å². The molecule has 1 fully saturated rings. The molecule has 0 aliphatic carbocycles. The molecule has 0 saturated carbocycles. The van der Waals surface area contributed by atoms with E-state index in [4.69, 9.17) is 0 Å². The molecule has 2 N–H and O–H groups in total. The van der Waals surface area contributed by atoms with Crippen molar-refractivity contribution in [1.29, 1.82) is 0 Å². The third kappa shape index (κ3) is 3.74. The van der Waals surface area contributed by atoms with Gasteiger partial charge in [0.05, 0.1) is 0 Å². The Labute approximate surface area is 79.7 Å². The highest BCUT2D eigenvalue weighted by Crippen LogP contribution is 1.94. The number of piperazine rings is 1. The van der Waals surface area contributed by atoms with Gasteiger partial charge in [-0.25, -0.2) is 0 Å². The third-order valence-electron chi connectivity index (χ3n) is 2.33. The first-order valence-electron chi connectivity index (χ1n) is 4.91. The van der Waals surface area contributed by atoms with E-state index in [-0.39, 0.29) is 5.91 Å². The van der Waals surface area contributed by atoms with Gasteiger partial charge in [0.25, 0.3) is 0 Å². The van der Waals surface area contributed by atoms with Gasteiger partial charge in [0.1, 0.15) is 0 Å². The first-order chi connectivity index (χ1) is 6.22. The number of amides is 1. The quantitative estimate of drug-likeness (QED) is 0.618. The maximum absolute atomic E-state index is 11.0. The lowest BCUT2D eigenvalue weighted by atomic mass is 10.2. The van der Waals surface area contributed by atoms with Crippen LogP contribution >= 0.6 is 0 Å². The predicted octanol–water partition coefficient (Wildman–Crippen LogP) is -0.584. The second-order valence-corrected chi connectivity index (χ2v) is 3.57. The van der Waals surface area contributed by atoms with E-state index in [1.54, 1.807) is 0 Å². The number of rotatable bonds is 3. The predicted molar refractivity (Wildman–Crippen MR) is 52.6 cm³/mol. The maximum atomic E-state index is 11.0. The van der Waals surface area contributed by atoms with E-state index < -0.39 is 0 Å². The molecule has 0 aromatic rings. The minimum atomic E-state index is 0.134. The highest BCUT2D eigenvalue weighted by atomic mass is 16.1. The summed E-state index contributed by atoms with van der Waals surface area (Å²) in [7, 11) is 2.11. The van der Waals surface area contributed by atoms with Crippen LogP contribution in [-0.4, -0.2) is 50.1 Å². The third-order valence-corrected chi connectivity index (χ3v) is 2.33. The summed E-state index contributed by atoms with van der Waals surface area (Å²) in [6.07, 6.45) is 0.572. The van der Waals surface area contributed by atoms with Crippen LogP contribution in [0.25, 0.3) is 0 Å². The van der Waals surface area contributed by atoms with Crippen LogP contribution in [0.15, 0.2) is 0 Å². The van der Waals surface area contributed by atoms with Crippen LogP contribution in [-0.2, 0) is 4.79 Å². The van der Waals surface area contributed by atoms with Crippen molar-refractivity contribution in [1.82, 2.24) is 15.5 Å². The minimum absolute atomic E-state index is 0.134. The number of hydrogen-bond donors (Lipinski definition) is 2. The van der Waals surface area contributed by atoms with Gasteiger partial charge in [-0.05, 0) is 7.05 Å². The van der Waals surface area contributed by atoms with E-state index in [1.165, 1.54) is 0 Å². The summed E-state index contributed by atoms with van der Waals surface area (Å²) in [4.78, 5) is 13.3. The fourth-order valence-corrected chi connectivity index (χ4v) is 1.49. The highest BCUT2D eigenvalue weighted by molar-refractivity contribution is 5.75. The summed E-state index contributed by atoms with van der Waals surface area (Å²) < 4.78 is 0. The van der Waals surface area contributed by atoms with Gasteiger partial charge in [-0.1, -0.05) is 6.92 Å². The van der Waals surface area contributed by atoms with Crippen LogP contribution in [0.2, 0.25) is 0 Å². The molecule has 1 aliphatic rings. The molecule has 1 heterocycles. The van der Waals surface area contributed by atoms with Crippen molar-refractivity contribution in [3.8, 4) is 0 Å². The molecule has 13 heavy (non-hydrogen) atoms. The van der Waals surface area contributed by atoms with Crippen LogP contribution < -0.4 is 10.6 Å². The molecule has 4 heteroatoms. The molecule has 0 spiro atoms. The summed E-state index contributed by atoms with van der Waals surface area (Å²) in [5.74, 6) is 0.134. The van der Waals surface area contributed by atoms with Crippen molar-refractivity contribution in [2.45, 2.75) is 19.4 Å². The molecule has 1 unspecified atom stereocenters. The summed E-state index contributed by atoms with van der Waals surface area (Å²) >= 11 is 0. The van der Waals surface area contributed by atoms with Crippen LogP contribution in [0, 0.1) is 0 Å². The topological polar surface area (TPSA) is 44.4 Å². The second kappa shape index (κ2) is 5.19. The van der Waals surface area contributed by atoms with Gasteiger partial charge in [-0.15, -0.1) is 0 Å². The van der Waals surface area contributed by atoms with E-state index >= 15 is 0 Å². The Balaban J connectivity index is 2.17. The van der Waals surface area contributed by atoms with Crippen LogP contribution in [0.5, 0.6) is 0 Å². The fraction of sp³-hybridized carbons (Fsp3) is 0.889. The molecule has 76 valence electrons. The molecule has 1 saturated heterocycles. The number of nitrogens with one attached hydrogen (secondary N) is 2. The van der Waals surface area contributed by atoms with E-state index in [9.17, 15) is 4.79 Å². The minimum Gasteiger partial charge on any atom is -0.354 e. The number of hydrogen-bond acceptors (Lipinski definition) is 3. The fourth-order valence-electron chi connectivity index (χ4n) is 1.49. The number of carbonyl (C=O) groups is 1. The molecular weight excluding hydrogens is 166 g/mol. The zero-order chi connectivity index (χ0) is 9.68. The van der Waals surface area contributed by atoms with Crippen LogP contribution in [0.3, 0.4) is 0 Å². The van der Waals surface area contributed by atoms with Gasteiger partial charge in [0.2, 0.25) is 5.91 Å². The Kier molecular flexibility index (Phi) is 4.18. The Morgan fingerprint density at radius 2 is 2.46 bits per heavy atom. The molecule has 1 amide bonds. The Hall–Kier alpha value is -0.610. The zero-order valence-electron chi connectivity index (χ0n) is 8.47. The van der Waals surface area contributed by atoms with Crippen molar-refractivity contribution in [3.05, 3.63) is 0 Å². The average molecular weight is 185 g/mol. The Morgan fingerprint density at radius 1 is 1.69 bits per heavy atom. The monoisotopic (exact) mass is 185 g/mol. The van der Waals surface area contributed by atoms with E-state index in [2.05, 4.69) is 22.6 Å². The molecule has 0 radical (unpaired) electrons. The van der Waals surface area contributed by atoms with Crippen LogP contribution in [0.4, 0.5) is 0 Å². The van der Waals surface area contributed by atoms with E-state index in [1.807, 2.05) is 6.92 Å². The highest BCUT2D eigenvalue weighted by Gasteiger charge is 2.16. The first kappa shape index (κ1) is 10.5.